The van der Waals surface area contributed by atoms with Gasteiger partial charge in [-0.3, -0.25) is 14.7 Å². The number of aryl methyl sites for hydroxylation is 3. The summed E-state index contributed by atoms with van der Waals surface area (Å²) in [6, 6.07) is 12.4. The molecule has 0 saturated carbocycles. The van der Waals surface area contributed by atoms with Crippen molar-refractivity contribution in [3.63, 3.8) is 0 Å². The van der Waals surface area contributed by atoms with Gasteiger partial charge in [0.15, 0.2) is 5.65 Å². The molecule has 1 saturated heterocycles. The molecule has 1 aromatic carbocycles. The Hall–Kier alpha value is -3.32. The van der Waals surface area contributed by atoms with E-state index in [0.717, 1.165) is 73.6 Å². The maximum Gasteiger partial charge on any atom is 0.256 e. The van der Waals surface area contributed by atoms with Gasteiger partial charge in [-0.2, -0.15) is 0 Å². The van der Waals surface area contributed by atoms with Gasteiger partial charge in [0.2, 0.25) is 0 Å². The second-order valence-electron chi connectivity index (χ2n) is 9.53. The van der Waals surface area contributed by atoms with Crippen LogP contribution in [0.5, 0.6) is 0 Å². The van der Waals surface area contributed by atoms with E-state index >= 15 is 0 Å². The van der Waals surface area contributed by atoms with Crippen LogP contribution >= 0.6 is 0 Å². The van der Waals surface area contributed by atoms with Crippen molar-refractivity contribution in [1.82, 2.24) is 29.3 Å². The molecule has 0 unspecified atom stereocenters. The molecule has 7 heteroatoms. The summed E-state index contributed by atoms with van der Waals surface area (Å²) in [6.07, 6.45) is 6.34. The predicted octanol–water partition coefficient (Wildman–Crippen LogP) is 3.97. The van der Waals surface area contributed by atoms with E-state index in [1.165, 1.54) is 17.4 Å². The summed E-state index contributed by atoms with van der Waals surface area (Å²) in [5, 5.41) is 1.17. The second kappa shape index (κ2) is 8.80. The van der Waals surface area contributed by atoms with E-state index in [1.54, 1.807) is 0 Å². The topological polar surface area (TPSA) is 67.2 Å². The number of piperazine rings is 1. The first-order valence-corrected chi connectivity index (χ1v) is 12.4. The second-order valence-corrected chi connectivity index (χ2v) is 9.53. The number of carbonyl (C=O) groups excluding carboxylic acids is 1. The molecule has 2 aliphatic heterocycles. The number of amides is 1. The van der Waals surface area contributed by atoms with Gasteiger partial charge in [0.25, 0.3) is 5.91 Å². The number of aromatic nitrogens is 4. The summed E-state index contributed by atoms with van der Waals surface area (Å²) in [7, 11) is 0. The Balaban J connectivity index is 1.20. The van der Waals surface area contributed by atoms with E-state index in [-0.39, 0.29) is 5.91 Å². The number of rotatable bonds is 3. The highest BCUT2D eigenvalue weighted by molar-refractivity contribution is 6.04. The van der Waals surface area contributed by atoms with Crippen molar-refractivity contribution in [3.05, 3.63) is 65.2 Å². The van der Waals surface area contributed by atoms with Crippen LogP contribution in [0.4, 0.5) is 0 Å². The van der Waals surface area contributed by atoms with Gasteiger partial charge >= 0.3 is 0 Å². The number of para-hydroxylation sites is 1. The molecule has 34 heavy (non-hydrogen) atoms. The summed E-state index contributed by atoms with van der Waals surface area (Å²) < 4.78 is 2.24. The smallest absolute Gasteiger partial charge is 0.256 e. The molecule has 1 fully saturated rings. The van der Waals surface area contributed by atoms with Crippen molar-refractivity contribution in [2.75, 3.05) is 26.2 Å². The van der Waals surface area contributed by atoms with Crippen molar-refractivity contribution in [2.45, 2.75) is 45.7 Å². The Morgan fingerprint density at radius 2 is 1.79 bits per heavy atom. The first-order chi connectivity index (χ1) is 16.7. The van der Waals surface area contributed by atoms with Gasteiger partial charge in [-0.15, -0.1) is 0 Å². The van der Waals surface area contributed by atoms with Crippen LogP contribution in [-0.2, 0) is 19.5 Å². The molecule has 0 aliphatic carbocycles. The minimum Gasteiger partial charge on any atom is -0.336 e. The maximum absolute atomic E-state index is 13.6. The Morgan fingerprint density at radius 1 is 0.941 bits per heavy atom. The average molecular weight is 455 g/mol. The SMILES string of the molecule is Cc1cc(C(=O)N2CCN(Cc3cccc4cccnc34)CC2)c2nc3n(c2n1)CCCCC3. The number of hydrogen-bond donors (Lipinski definition) is 0. The number of benzene rings is 1. The number of imidazole rings is 1. The lowest BCUT2D eigenvalue weighted by atomic mass is 10.1. The number of fused-ring (bicyclic) bond motifs is 4. The highest BCUT2D eigenvalue weighted by Gasteiger charge is 2.27. The standard InChI is InChI=1S/C27H30N6O/c1-19-17-22(25-26(29-19)33-12-4-2-3-10-23(33)30-25)27(34)32-15-13-31(14-16-32)18-21-8-5-7-20-9-6-11-28-24(20)21/h5-9,11,17H,2-4,10,12-16,18H2,1H3. The van der Waals surface area contributed by atoms with Crippen molar-refractivity contribution in [1.29, 1.82) is 0 Å². The summed E-state index contributed by atoms with van der Waals surface area (Å²) >= 11 is 0. The predicted molar refractivity (Wildman–Crippen MR) is 133 cm³/mol. The van der Waals surface area contributed by atoms with E-state index in [2.05, 4.69) is 38.7 Å². The lowest BCUT2D eigenvalue weighted by Crippen LogP contribution is -2.48. The summed E-state index contributed by atoms with van der Waals surface area (Å²) in [4.78, 5) is 32.3. The highest BCUT2D eigenvalue weighted by atomic mass is 16.2. The Labute approximate surface area is 199 Å². The third kappa shape index (κ3) is 3.84. The average Bonchev–Trinajstić information content (AvgIpc) is 3.04. The van der Waals surface area contributed by atoms with Crippen LogP contribution < -0.4 is 0 Å². The third-order valence-corrected chi connectivity index (χ3v) is 7.19. The van der Waals surface area contributed by atoms with Crippen LogP contribution in [0.1, 0.15) is 46.7 Å². The normalized spacial score (nSPS) is 17.1. The molecular weight excluding hydrogens is 424 g/mol. The van der Waals surface area contributed by atoms with Gasteiger partial charge in [-0.05, 0) is 37.5 Å². The zero-order chi connectivity index (χ0) is 23.1. The van der Waals surface area contributed by atoms with Crippen LogP contribution in [0.2, 0.25) is 0 Å². The number of nitrogens with zero attached hydrogens (tertiary/aromatic N) is 6. The number of pyridine rings is 2. The Kier molecular flexibility index (Phi) is 5.49. The molecule has 4 aromatic rings. The van der Waals surface area contributed by atoms with Crippen LogP contribution in [0, 0.1) is 6.92 Å². The van der Waals surface area contributed by atoms with Gasteiger partial charge in [0.05, 0.1) is 11.1 Å². The van der Waals surface area contributed by atoms with E-state index in [4.69, 9.17) is 9.97 Å². The molecule has 174 valence electrons. The van der Waals surface area contributed by atoms with Crippen LogP contribution in [-0.4, -0.2) is 61.4 Å². The fraction of sp³-hybridized carbons (Fsp3) is 0.407. The van der Waals surface area contributed by atoms with Crippen molar-refractivity contribution in [2.24, 2.45) is 0 Å². The van der Waals surface area contributed by atoms with E-state index in [9.17, 15) is 4.79 Å². The lowest BCUT2D eigenvalue weighted by Gasteiger charge is -2.35. The highest BCUT2D eigenvalue weighted by Crippen LogP contribution is 2.25. The third-order valence-electron chi connectivity index (χ3n) is 7.19. The van der Waals surface area contributed by atoms with Crippen molar-refractivity contribution in [3.8, 4) is 0 Å². The van der Waals surface area contributed by atoms with Gasteiger partial charge in [0, 0.05) is 63.0 Å². The molecule has 0 bridgehead atoms. The monoisotopic (exact) mass is 454 g/mol. The molecule has 5 heterocycles. The largest absolute Gasteiger partial charge is 0.336 e. The molecule has 2 aliphatic rings. The van der Waals surface area contributed by atoms with E-state index in [1.807, 2.05) is 30.2 Å². The molecule has 0 spiro atoms. The van der Waals surface area contributed by atoms with E-state index in [0.29, 0.717) is 18.7 Å². The molecule has 3 aromatic heterocycles. The van der Waals surface area contributed by atoms with Crippen LogP contribution in [0.15, 0.2) is 42.6 Å². The molecule has 0 atom stereocenters. The molecule has 0 N–H and O–H groups in total. The fourth-order valence-electron chi connectivity index (χ4n) is 5.39. The lowest BCUT2D eigenvalue weighted by molar-refractivity contribution is 0.0630. The van der Waals surface area contributed by atoms with E-state index < -0.39 is 0 Å². The zero-order valence-corrected chi connectivity index (χ0v) is 19.7. The molecule has 1 amide bonds. The van der Waals surface area contributed by atoms with Gasteiger partial charge in [0.1, 0.15) is 11.3 Å². The minimum absolute atomic E-state index is 0.0789. The molecule has 7 nitrogen and oxygen atoms in total. The van der Waals surface area contributed by atoms with Gasteiger partial charge in [-0.1, -0.05) is 30.7 Å². The summed E-state index contributed by atoms with van der Waals surface area (Å²) in [5.74, 6) is 1.16. The molecule has 0 radical (unpaired) electrons. The number of carbonyl (C=O) groups is 1. The van der Waals surface area contributed by atoms with Gasteiger partial charge < -0.3 is 9.47 Å². The summed E-state index contributed by atoms with van der Waals surface area (Å²) in [5.41, 5.74) is 5.54. The first kappa shape index (κ1) is 21.2. The Morgan fingerprint density at radius 3 is 2.68 bits per heavy atom. The van der Waals surface area contributed by atoms with Gasteiger partial charge in [-0.25, -0.2) is 9.97 Å². The quantitative estimate of drug-likeness (QED) is 0.469. The van der Waals surface area contributed by atoms with Crippen molar-refractivity contribution < 1.29 is 4.79 Å². The maximum atomic E-state index is 13.6. The fourth-order valence-corrected chi connectivity index (χ4v) is 5.39. The summed E-state index contributed by atoms with van der Waals surface area (Å²) in [6.45, 7) is 6.90. The Bertz CT molecular complexity index is 1360. The molecule has 6 rings (SSSR count). The van der Waals surface area contributed by atoms with Crippen LogP contribution in [0.25, 0.3) is 22.1 Å². The zero-order valence-electron chi connectivity index (χ0n) is 19.7. The van der Waals surface area contributed by atoms with Crippen molar-refractivity contribution >= 4 is 28.0 Å². The first-order valence-electron chi connectivity index (χ1n) is 12.4. The molecular formula is C27H30N6O. The van der Waals surface area contributed by atoms with Crippen LogP contribution in [0.3, 0.4) is 0 Å². The number of hydrogen-bond acceptors (Lipinski definition) is 5. The minimum atomic E-state index is 0.0789.